The number of aromatic hydroxyl groups is 1. The van der Waals surface area contributed by atoms with E-state index in [1.54, 1.807) is 12.1 Å². The van der Waals surface area contributed by atoms with Crippen molar-refractivity contribution in [1.29, 1.82) is 0 Å². The number of halogens is 1. The van der Waals surface area contributed by atoms with Crippen LogP contribution in [0.3, 0.4) is 0 Å². The molecule has 0 aromatic heterocycles. The first kappa shape index (κ1) is 15.2. The maximum absolute atomic E-state index is 11.3. The van der Waals surface area contributed by atoms with Crippen molar-refractivity contribution >= 4 is 40.0 Å². The normalized spacial score (nSPS) is 20.0. The number of amides is 1. The van der Waals surface area contributed by atoms with E-state index in [0.29, 0.717) is 23.6 Å². The van der Waals surface area contributed by atoms with Crippen molar-refractivity contribution in [1.82, 2.24) is 5.43 Å². The molecule has 21 heavy (non-hydrogen) atoms. The minimum atomic E-state index is -0.578. The van der Waals surface area contributed by atoms with Gasteiger partial charge in [-0.05, 0) is 30.7 Å². The van der Waals surface area contributed by atoms with E-state index < -0.39 is 4.83 Å². The second-order valence-corrected chi connectivity index (χ2v) is 4.94. The molecule has 110 valence electrons. The maximum atomic E-state index is 11.3. The summed E-state index contributed by atoms with van der Waals surface area (Å²) in [6.45, 7) is 2.28. The smallest absolute Gasteiger partial charge is 0.260 e. The van der Waals surface area contributed by atoms with Crippen LogP contribution in [0, 0.1) is 0 Å². The standard InChI is InChI=1S/C13H13BrN4O3/c1-2-21-11-5-8(3-4-10(11)19)6-15-17-9-7-16-18-13(20)12(9)14/h3-7,12,19H,2H2,1H3,(H,18,20)/b15-6-,17-9-. The summed E-state index contributed by atoms with van der Waals surface area (Å²) in [6, 6.07) is 4.84. The summed E-state index contributed by atoms with van der Waals surface area (Å²) < 4.78 is 5.28. The van der Waals surface area contributed by atoms with Gasteiger partial charge in [0.1, 0.15) is 10.5 Å². The van der Waals surface area contributed by atoms with Gasteiger partial charge in [-0.1, -0.05) is 15.9 Å². The summed E-state index contributed by atoms with van der Waals surface area (Å²) in [5.41, 5.74) is 3.42. The Balaban J connectivity index is 2.14. The third kappa shape index (κ3) is 3.88. The summed E-state index contributed by atoms with van der Waals surface area (Å²) in [7, 11) is 0. The number of carbonyl (C=O) groups is 1. The highest BCUT2D eigenvalue weighted by Crippen LogP contribution is 2.26. The van der Waals surface area contributed by atoms with Crippen molar-refractivity contribution < 1.29 is 14.6 Å². The zero-order valence-corrected chi connectivity index (χ0v) is 12.7. The number of benzene rings is 1. The van der Waals surface area contributed by atoms with E-state index in [-0.39, 0.29) is 11.7 Å². The SMILES string of the molecule is CCOc1cc(/C=N\N=C2\C=NNC(=O)C2Br)ccc1O. The molecule has 7 nitrogen and oxygen atoms in total. The topological polar surface area (TPSA) is 95.6 Å². The number of phenols is 1. The van der Waals surface area contributed by atoms with E-state index in [4.69, 9.17) is 4.74 Å². The fraction of sp³-hybridized carbons (Fsp3) is 0.231. The molecule has 1 amide bonds. The van der Waals surface area contributed by atoms with Gasteiger partial charge in [0.05, 0.1) is 19.0 Å². The molecule has 0 saturated heterocycles. The first-order chi connectivity index (χ1) is 10.1. The van der Waals surface area contributed by atoms with Crippen molar-refractivity contribution in [2.24, 2.45) is 15.3 Å². The van der Waals surface area contributed by atoms with Crippen LogP contribution in [-0.4, -0.2) is 40.6 Å². The molecule has 1 aliphatic rings. The Hall–Kier alpha value is -2.22. The van der Waals surface area contributed by atoms with Gasteiger partial charge in [-0.15, -0.1) is 0 Å². The molecule has 1 unspecified atom stereocenters. The maximum Gasteiger partial charge on any atom is 0.260 e. The zero-order chi connectivity index (χ0) is 15.2. The van der Waals surface area contributed by atoms with Crippen LogP contribution in [0.15, 0.2) is 33.5 Å². The molecule has 8 heteroatoms. The van der Waals surface area contributed by atoms with Crippen molar-refractivity contribution in [2.75, 3.05) is 6.61 Å². The van der Waals surface area contributed by atoms with Crippen LogP contribution < -0.4 is 10.2 Å². The van der Waals surface area contributed by atoms with Gasteiger partial charge in [0, 0.05) is 0 Å². The van der Waals surface area contributed by atoms with Crippen LogP contribution in [0.4, 0.5) is 0 Å². The van der Waals surface area contributed by atoms with Gasteiger partial charge in [-0.2, -0.15) is 15.3 Å². The van der Waals surface area contributed by atoms with Crippen molar-refractivity contribution in [3.63, 3.8) is 0 Å². The molecule has 1 atom stereocenters. The van der Waals surface area contributed by atoms with Gasteiger partial charge in [0.15, 0.2) is 11.5 Å². The minimum Gasteiger partial charge on any atom is -0.504 e. The fourth-order valence-electron chi connectivity index (χ4n) is 1.54. The number of hydrazone groups is 1. The van der Waals surface area contributed by atoms with E-state index in [9.17, 15) is 9.90 Å². The van der Waals surface area contributed by atoms with Crippen LogP contribution in [0.2, 0.25) is 0 Å². The number of hydrogen-bond acceptors (Lipinski definition) is 6. The second-order valence-electron chi connectivity index (χ2n) is 4.03. The highest BCUT2D eigenvalue weighted by molar-refractivity contribution is 9.10. The molecule has 1 aromatic rings. The fourth-order valence-corrected chi connectivity index (χ4v) is 1.85. The Morgan fingerprint density at radius 1 is 1.57 bits per heavy atom. The monoisotopic (exact) mass is 352 g/mol. The van der Waals surface area contributed by atoms with Gasteiger partial charge in [0.2, 0.25) is 0 Å². The van der Waals surface area contributed by atoms with E-state index >= 15 is 0 Å². The van der Waals surface area contributed by atoms with Crippen molar-refractivity contribution in [3.8, 4) is 11.5 Å². The molecular weight excluding hydrogens is 340 g/mol. The molecule has 2 N–H and O–H groups in total. The van der Waals surface area contributed by atoms with Crippen LogP contribution in [0.1, 0.15) is 12.5 Å². The molecule has 0 spiro atoms. The lowest BCUT2D eigenvalue weighted by molar-refractivity contribution is -0.119. The molecule has 0 radical (unpaired) electrons. The third-order valence-electron chi connectivity index (χ3n) is 2.53. The van der Waals surface area contributed by atoms with Crippen molar-refractivity contribution in [2.45, 2.75) is 11.8 Å². The van der Waals surface area contributed by atoms with Crippen LogP contribution >= 0.6 is 15.9 Å². The number of alkyl halides is 1. The zero-order valence-electron chi connectivity index (χ0n) is 11.2. The Kier molecular flexibility index (Phi) is 5.04. The van der Waals surface area contributed by atoms with Gasteiger partial charge in [-0.3, -0.25) is 4.79 Å². The predicted molar refractivity (Wildman–Crippen MR) is 83.7 cm³/mol. The van der Waals surface area contributed by atoms with Crippen LogP contribution in [0.5, 0.6) is 11.5 Å². The summed E-state index contributed by atoms with van der Waals surface area (Å²) in [6.07, 6.45) is 2.91. The van der Waals surface area contributed by atoms with Gasteiger partial charge in [0.25, 0.3) is 5.91 Å². The largest absolute Gasteiger partial charge is 0.504 e. The minimum absolute atomic E-state index is 0.0666. The molecule has 0 saturated carbocycles. The molecule has 0 aliphatic carbocycles. The first-order valence-corrected chi connectivity index (χ1v) is 7.07. The summed E-state index contributed by atoms with van der Waals surface area (Å²) >= 11 is 3.19. The van der Waals surface area contributed by atoms with E-state index in [2.05, 4.69) is 36.7 Å². The lowest BCUT2D eigenvalue weighted by Crippen LogP contribution is -2.38. The van der Waals surface area contributed by atoms with E-state index in [1.807, 2.05) is 6.92 Å². The number of phenolic OH excluding ortho intramolecular Hbond substituents is 1. The lowest BCUT2D eigenvalue weighted by Gasteiger charge is -2.10. The Morgan fingerprint density at radius 2 is 2.38 bits per heavy atom. The molecular formula is C13H13BrN4O3. The second kappa shape index (κ2) is 6.98. The average molecular weight is 353 g/mol. The quantitative estimate of drug-likeness (QED) is 0.487. The van der Waals surface area contributed by atoms with Crippen LogP contribution in [0.25, 0.3) is 0 Å². The summed E-state index contributed by atoms with van der Waals surface area (Å²) in [5, 5.41) is 21.1. The molecule has 0 fully saturated rings. The van der Waals surface area contributed by atoms with Gasteiger partial charge in [-0.25, -0.2) is 5.43 Å². The Labute approximate surface area is 129 Å². The third-order valence-corrected chi connectivity index (χ3v) is 3.41. The van der Waals surface area contributed by atoms with Crippen molar-refractivity contribution in [3.05, 3.63) is 23.8 Å². The molecule has 2 rings (SSSR count). The molecule has 1 aromatic carbocycles. The first-order valence-electron chi connectivity index (χ1n) is 6.15. The number of nitrogens with one attached hydrogen (secondary N) is 1. The number of rotatable bonds is 4. The molecule has 1 heterocycles. The Morgan fingerprint density at radius 3 is 3.14 bits per heavy atom. The lowest BCUT2D eigenvalue weighted by atomic mass is 10.2. The van der Waals surface area contributed by atoms with Gasteiger partial charge < -0.3 is 9.84 Å². The summed E-state index contributed by atoms with van der Waals surface area (Å²) in [5.74, 6) is 0.151. The Bertz CT molecular complexity index is 628. The highest BCUT2D eigenvalue weighted by atomic mass is 79.9. The van der Waals surface area contributed by atoms with Crippen LogP contribution in [-0.2, 0) is 4.79 Å². The van der Waals surface area contributed by atoms with E-state index in [1.165, 1.54) is 18.5 Å². The molecule has 0 bridgehead atoms. The number of hydrogen-bond donors (Lipinski definition) is 2. The average Bonchev–Trinajstić information content (AvgIpc) is 2.47. The highest BCUT2D eigenvalue weighted by Gasteiger charge is 2.23. The molecule has 1 aliphatic heterocycles. The van der Waals surface area contributed by atoms with E-state index in [0.717, 1.165) is 0 Å². The predicted octanol–water partition coefficient (Wildman–Crippen LogP) is 1.44. The summed E-state index contributed by atoms with van der Waals surface area (Å²) in [4.78, 5) is 10.8. The van der Waals surface area contributed by atoms with Gasteiger partial charge >= 0.3 is 0 Å². The number of nitrogens with zero attached hydrogens (tertiary/aromatic N) is 3. The number of carbonyl (C=O) groups excluding carboxylic acids is 1. The number of ether oxygens (including phenoxy) is 1.